The molecule has 2 aromatic rings. The molecular weight excluding hydrogens is 494 g/mol. The van der Waals surface area contributed by atoms with Crippen molar-refractivity contribution in [2.75, 3.05) is 26.0 Å². The molecule has 2 aromatic carbocycles. The molecule has 2 atom stereocenters. The zero-order chi connectivity index (χ0) is 27.1. The number of nitrogens with two attached hydrogens (primary N) is 1. The summed E-state index contributed by atoms with van der Waals surface area (Å²) in [4.78, 5) is 39.5. The third kappa shape index (κ3) is 6.20. The molecule has 0 bridgehead atoms. The normalized spacial score (nSPS) is 16.5. The van der Waals surface area contributed by atoms with Gasteiger partial charge in [0.05, 0.1) is 29.3 Å². The smallest absolute Gasteiger partial charge is 0.340 e. The van der Waals surface area contributed by atoms with Gasteiger partial charge in [0, 0.05) is 42.2 Å². The first-order valence-corrected chi connectivity index (χ1v) is 12.9. The number of nitro groups is 1. The fraction of sp³-hybridized carbons (Fsp3) is 0.333. The third-order valence-corrected chi connectivity index (χ3v) is 7.41. The molecule has 1 heterocycles. The Balaban J connectivity index is 2.20. The first-order valence-electron chi connectivity index (χ1n) is 11.9. The molecule has 37 heavy (non-hydrogen) atoms. The van der Waals surface area contributed by atoms with Gasteiger partial charge in [0.15, 0.2) is 0 Å². The lowest BCUT2D eigenvalue weighted by molar-refractivity contribution is -0.384. The number of thioether (sulfide) groups is 1. The Morgan fingerprint density at radius 1 is 1.08 bits per heavy atom. The summed E-state index contributed by atoms with van der Waals surface area (Å²) in [5.41, 5.74) is 8.80. The van der Waals surface area contributed by atoms with Crippen LogP contribution in [0.4, 0.5) is 5.69 Å². The number of rotatable bonds is 10. The Morgan fingerprint density at radius 3 is 2.35 bits per heavy atom. The monoisotopic (exact) mass is 525 g/mol. The average molecular weight is 526 g/mol. The van der Waals surface area contributed by atoms with E-state index in [1.807, 2.05) is 35.2 Å². The molecule has 0 fully saturated rings. The van der Waals surface area contributed by atoms with Gasteiger partial charge in [0.2, 0.25) is 0 Å². The topological polar surface area (TPSA) is 125 Å². The molecule has 0 saturated heterocycles. The average Bonchev–Trinajstić information content (AvgIpc) is 2.89. The summed E-state index contributed by atoms with van der Waals surface area (Å²) >= 11 is 1.43. The molecule has 1 aliphatic heterocycles. The number of benzene rings is 2. The molecule has 196 valence electrons. The van der Waals surface area contributed by atoms with Crippen LogP contribution < -0.4 is 5.73 Å². The summed E-state index contributed by atoms with van der Waals surface area (Å²) in [6.07, 6.45) is 0. The fourth-order valence-electron chi connectivity index (χ4n) is 4.11. The van der Waals surface area contributed by atoms with Crippen molar-refractivity contribution in [3.05, 3.63) is 92.7 Å². The number of carbonyl (C=O) groups is 2. The molecule has 0 amide bonds. The number of hydrogen-bond donors (Lipinski definition) is 1. The van der Waals surface area contributed by atoms with E-state index in [4.69, 9.17) is 15.2 Å². The van der Waals surface area contributed by atoms with Crippen molar-refractivity contribution in [2.24, 2.45) is 5.73 Å². The minimum absolute atomic E-state index is 0.118. The Kier molecular flexibility index (Phi) is 9.48. The van der Waals surface area contributed by atoms with Crippen molar-refractivity contribution in [1.82, 2.24) is 4.90 Å². The molecular formula is C27H31N3O6S. The summed E-state index contributed by atoms with van der Waals surface area (Å²) in [5, 5.41) is 11.0. The Labute approximate surface area is 220 Å². The summed E-state index contributed by atoms with van der Waals surface area (Å²) in [6, 6.07) is 15.2. The van der Waals surface area contributed by atoms with Crippen LogP contribution in [0.1, 0.15) is 37.9 Å². The SMILES string of the molecule is CCOC(=O)C1=C(C)N(C)C(SCC(N)c2ccccc2)C(C(=O)OCC)=C1c1cccc([N+](=O)[O-])c1. The number of nitro benzene ring substituents is 1. The molecule has 9 nitrogen and oxygen atoms in total. The number of non-ortho nitro benzene ring substituents is 1. The zero-order valence-corrected chi connectivity index (χ0v) is 22.1. The van der Waals surface area contributed by atoms with Crippen LogP contribution in [-0.4, -0.2) is 53.1 Å². The molecule has 0 aliphatic carbocycles. The van der Waals surface area contributed by atoms with Crippen LogP contribution in [-0.2, 0) is 19.1 Å². The van der Waals surface area contributed by atoms with Gasteiger partial charge in [-0.05, 0) is 31.9 Å². The summed E-state index contributed by atoms with van der Waals surface area (Å²) in [5.74, 6) is -0.776. The van der Waals surface area contributed by atoms with Crippen molar-refractivity contribution >= 4 is 35.0 Å². The quantitative estimate of drug-likeness (QED) is 0.272. The van der Waals surface area contributed by atoms with E-state index in [1.54, 1.807) is 33.9 Å². The van der Waals surface area contributed by atoms with Crippen molar-refractivity contribution in [2.45, 2.75) is 32.2 Å². The van der Waals surface area contributed by atoms with Gasteiger partial charge in [0.25, 0.3) is 5.69 Å². The highest BCUT2D eigenvalue weighted by atomic mass is 32.2. The van der Waals surface area contributed by atoms with E-state index in [1.165, 1.54) is 30.0 Å². The largest absolute Gasteiger partial charge is 0.463 e. The third-order valence-electron chi connectivity index (χ3n) is 5.99. The van der Waals surface area contributed by atoms with Crippen molar-refractivity contribution < 1.29 is 24.0 Å². The predicted molar refractivity (Wildman–Crippen MR) is 143 cm³/mol. The maximum atomic E-state index is 13.4. The highest BCUT2D eigenvalue weighted by Gasteiger charge is 2.40. The van der Waals surface area contributed by atoms with Crippen LogP contribution in [0, 0.1) is 10.1 Å². The van der Waals surface area contributed by atoms with Gasteiger partial charge in [-0.2, -0.15) is 0 Å². The summed E-state index contributed by atoms with van der Waals surface area (Å²) < 4.78 is 10.8. The van der Waals surface area contributed by atoms with Crippen molar-refractivity contribution in [1.29, 1.82) is 0 Å². The number of hydrogen-bond acceptors (Lipinski definition) is 9. The van der Waals surface area contributed by atoms with Crippen LogP contribution in [0.15, 0.2) is 71.4 Å². The molecule has 0 saturated carbocycles. The molecule has 10 heteroatoms. The van der Waals surface area contributed by atoms with E-state index in [0.29, 0.717) is 17.0 Å². The van der Waals surface area contributed by atoms with E-state index in [2.05, 4.69) is 0 Å². The zero-order valence-electron chi connectivity index (χ0n) is 21.3. The second-order valence-corrected chi connectivity index (χ2v) is 9.42. The number of likely N-dealkylation sites (N-methyl/N-ethyl adjacent to an activating group) is 1. The highest BCUT2D eigenvalue weighted by molar-refractivity contribution is 8.00. The first kappa shape index (κ1) is 27.9. The summed E-state index contributed by atoms with van der Waals surface area (Å²) in [7, 11) is 1.78. The maximum Gasteiger partial charge on any atom is 0.340 e. The van der Waals surface area contributed by atoms with Gasteiger partial charge in [-0.1, -0.05) is 42.5 Å². The van der Waals surface area contributed by atoms with E-state index in [9.17, 15) is 19.7 Å². The predicted octanol–water partition coefficient (Wildman–Crippen LogP) is 4.45. The molecule has 0 spiro atoms. The van der Waals surface area contributed by atoms with Crippen LogP contribution in [0.25, 0.3) is 5.57 Å². The standard InChI is InChI=1S/C27H31N3O6S/c1-5-35-26(31)22-17(3)29(4)25(37-16-21(28)18-11-8-7-9-12-18)24(27(32)36-6-2)23(22)19-13-10-14-20(15-19)30(33)34/h7-15,21,25H,5-6,16,28H2,1-4H3. The molecule has 3 rings (SSSR count). The molecule has 0 aromatic heterocycles. The highest BCUT2D eigenvalue weighted by Crippen LogP contribution is 2.43. The van der Waals surface area contributed by atoms with Gasteiger partial charge in [-0.25, -0.2) is 9.59 Å². The minimum atomic E-state index is -0.625. The second-order valence-electron chi connectivity index (χ2n) is 8.31. The lowest BCUT2D eigenvalue weighted by Crippen LogP contribution is -2.39. The molecule has 1 aliphatic rings. The van der Waals surface area contributed by atoms with E-state index in [0.717, 1.165) is 5.56 Å². The number of nitrogens with zero attached hydrogens (tertiary/aromatic N) is 2. The van der Waals surface area contributed by atoms with Crippen molar-refractivity contribution in [3.63, 3.8) is 0 Å². The van der Waals surface area contributed by atoms with Crippen LogP contribution in [0.2, 0.25) is 0 Å². The number of ether oxygens (including phenoxy) is 2. The van der Waals surface area contributed by atoms with Gasteiger partial charge >= 0.3 is 11.9 Å². The summed E-state index contributed by atoms with van der Waals surface area (Å²) in [6.45, 7) is 5.38. The van der Waals surface area contributed by atoms with Gasteiger partial charge in [0.1, 0.15) is 5.37 Å². The number of esters is 2. The fourth-order valence-corrected chi connectivity index (χ4v) is 5.46. The van der Waals surface area contributed by atoms with E-state index >= 15 is 0 Å². The van der Waals surface area contributed by atoms with E-state index in [-0.39, 0.29) is 41.7 Å². The lowest BCUT2D eigenvalue weighted by Gasteiger charge is -2.38. The van der Waals surface area contributed by atoms with Crippen LogP contribution in [0.3, 0.4) is 0 Å². The van der Waals surface area contributed by atoms with Crippen molar-refractivity contribution in [3.8, 4) is 0 Å². The van der Waals surface area contributed by atoms with Gasteiger partial charge < -0.3 is 20.1 Å². The Hall–Kier alpha value is -3.63. The maximum absolute atomic E-state index is 13.4. The lowest BCUT2D eigenvalue weighted by atomic mass is 9.88. The van der Waals surface area contributed by atoms with Gasteiger partial charge in [-0.3, -0.25) is 10.1 Å². The Bertz CT molecular complexity index is 1230. The van der Waals surface area contributed by atoms with Crippen LogP contribution >= 0.6 is 11.8 Å². The molecule has 0 radical (unpaired) electrons. The molecule has 2 unspecified atom stereocenters. The van der Waals surface area contributed by atoms with E-state index < -0.39 is 22.2 Å². The van der Waals surface area contributed by atoms with Gasteiger partial charge in [-0.15, -0.1) is 11.8 Å². The number of allylic oxidation sites excluding steroid dienone is 1. The number of carbonyl (C=O) groups excluding carboxylic acids is 2. The van der Waals surface area contributed by atoms with Crippen LogP contribution in [0.5, 0.6) is 0 Å². The first-order chi connectivity index (χ1) is 17.7. The minimum Gasteiger partial charge on any atom is -0.463 e. The molecule has 2 N–H and O–H groups in total. The second kappa shape index (κ2) is 12.6. The Morgan fingerprint density at radius 2 is 1.73 bits per heavy atom.